The summed E-state index contributed by atoms with van der Waals surface area (Å²) in [7, 11) is 2.03. The third-order valence-corrected chi connectivity index (χ3v) is 9.83. The predicted molar refractivity (Wildman–Crippen MR) is 172 cm³/mol. The average molecular weight is 626 g/mol. The summed E-state index contributed by atoms with van der Waals surface area (Å²) in [4.78, 5) is 13.5. The van der Waals surface area contributed by atoms with Crippen LogP contribution in [-0.2, 0) is 0 Å². The summed E-state index contributed by atoms with van der Waals surface area (Å²) in [5.41, 5.74) is -1.30. The van der Waals surface area contributed by atoms with Crippen molar-refractivity contribution in [3.05, 3.63) is 53.3 Å². The Morgan fingerprint density at radius 2 is 1.83 bits per heavy atom. The number of phenolic OH excluding ortho intramolecular Hbond substituents is 1. The van der Waals surface area contributed by atoms with Crippen LogP contribution in [0, 0.1) is 53.5 Å². The molecule has 3 aliphatic heterocycles. The van der Waals surface area contributed by atoms with Gasteiger partial charge in [0, 0.05) is 59.4 Å². The standard InChI is InChI=1S/C36H34F3N5O2/c1-5-21-11-12-43(4)18-36(21,3)19-46-35-41-33-27(34(42-35)44-16-22-8-9-23(17-44)40-22)15-29(38)31(32(33)39)26-14-24(45)13-20-7-10-28(37)25(6-2)30(20)26/h1-2,7,10,13-15,21-23,40,45H,8-9,11-12,16-19H2,3-4H3/t21-,22-,23+,36-/m1/s1. The highest BCUT2D eigenvalue weighted by Crippen LogP contribution is 2.42. The molecule has 0 saturated carbocycles. The zero-order valence-electron chi connectivity index (χ0n) is 25.7. The number of piperazine rings is 1. The van der Waals surface area contributed by atoms with Crippen LogP contribution in [0.25, 0.3) is 32.8 Å². The number of phenols is 1. The molecule has 2 N–H and O–H groups in total. The second kappa shape index (κ2) is 11.4. The van der Waals surface area contributed by atoms with Crippen LogP contribution in [0.1, 0.15) is 31.7 Å². The molecule has 0 amide bonds. The Labute approximate surface area is 265 Å². The quantitative estimate of drug-likeness (QED) is 0.285. The van der Waals surface area contributed by atoms with Crippen LogP contribution in [0.3, 0.4) is 0 Å². The van der Waals surface area contributed by atoms with Crippen LogP contribution in [0.15, 0.2) is 30.3 Å². The predicted octanol–water partition coefficient (Wildman–Crippen LogP) is 5.46. The van der Waals surface area contributed by atoms with Crippen molar-refractivity contribution >= 4 is 27.5 Å². The van der Waals surface area contributed by atoms with Crippen LogP contribution in [0.4, 0.5) is 19.0 Å². The molecule has 3 saturated heterocycles. The van der Waals surface area contributed by atoms with Crippen molar-refractivity contribution < 1.29 is 23.0 Å². The van der Waals surface area contributed by atoms with E-state index >= 15 is 8.78 Å². The summed E-state index contributed by atoms with van der Waals surface area (Å²) in [5.74, 6) is 2.66. The number of hydrogen-bond acceptors (Lipinski definition) is 7. The summed E-state index contributed by atoms with van der Waals surface area (Å²) in [6.07, 6.45) is 14.4. The first-order valence-corrected chi connectivity index (χ1v) is 15.5. The van der Waals surface area contributed by atoms with Crippen LogP contribution < -0.4 is 15.0 Å². The molecule has 1 aromatic heterocycles. The maximum absolute atomic E-state index is 16.9. The fraction of sp³-hybridized carbons (Fsp3) is 0.389. The summed E-state index contributed by atoms with van der Waals surface area (Å²) < 4.78 is 54.2. The van der Waals surface area contributed by atoms with Crippen molar-refractivity contribution in [3.63, 3.8) is 0 Å². The SMILES string of the molecule is C#Cc1c(F)ccc2cc(O)cc(-c3c(F)cc4c(N5C[C@H]6CC[C@@H](C5)N6)nc(OC[C@@]5(C)CN(C)CC[C@H]5C#C)nc4c3F)c12. The average Bonchev–Trinajstić information content (AvgIpc) is 3.37. The van der Waals surface area contributed by atoms with E-state index in [9.17, 15) is 9.50 Å². The van der Waals surface area contributed by atoms with Gasteiger partial charge < -0.3 is 25.0 Å². The molecule has 10 heteroatoms. The third kappa shape index (κ3) is 5.06. The Morgan fingerprint density at radius 1 is 1.07 bits per heavy atom. The molecular formula is C36H34F3N5O2. The summed E-state index contributed by atoms with van der Waals surface area (Å²) in [6, 6.07) is 6.73. The van der Waals surface area contributed by atoms with Gasteiger partial charge in [-0.3, -0.25) is 0 Å². The molecule has 0 radical (unpaired) electrons. The van der Waals surface area contributed by atoms with Crippen molar-refractivity contribution in [2.45, 2.75) is 38.3 Å². The number of nitrogens with one attached hydrogen (secondary N) is 1. The van der Waals surface area contributed by atoms with E-state index in [2.05, 4.69) is 34.0 Å². The molecule has 7 nitrogen and oxygen atoms in total. The van der Waals surface area contributed by atoms with Crippen molar-refractivity contribution in [1.82, 2.24) is 20.2 Å². The summed E-state index contributed by atoms with van der Waals surface area (Å²) in [5, 5.41) is 14.7. The molecule has 4 atom stereocenters. The highest BCUT2D eigenvalue weighted by molar-refractivity contribution is 6.04. The van der Waals surface area contributed by atoms with Crippen molar-refractivity contribution in [3.8, 4) is 47.6 Å². The number of hydrogen-bond donors (Lipinski definition) is 2. The van der Waals surface area contributed by atoms with Gasteiger partial charge in [0.25, 0.3) is 0 Å². The maximum Gasteiger partial charge on any atom is 0.319 e. The van der Waals surface area contributed by atoms with Gasteiger partial charge in [-0.25, -0.2) is 13.2 Å². The van der Waals surface area contributed by atoms with Crippen molar-refractivity contribution in [2.75, 3.05) is 44.7 Å². The normalized spacial score (nSPS) is 24.7. The van der Waals surface area contributed by atoms with Crippen molar-refractivity contribution in [1.29, 1.82) is 0 Å². The van der Waals surface area contributed by atoms with Gasteiger partial charge in [-0.2, -0.15) is 9.97 Å². The Kier molecular flexibility index (Phi) is 7.46. The van der Waals surface area contributed by atoms with E-state index in [0.717, 1.165) is 31.9 Å². The van der Waals surface area contributed by atoms with Crippen LogP contribution >= 0.6 is 0 Å². The Morgan fingerprint density at radius 3 is 2.54 bits per heavy atom. The highest BCUT2D eigenvalue weighted by atomic mass is 19.1. The number of anilines is 1. The maximum atomic E-state index is 16.9. The Hall–Kier alpha value is -4.51. The number of halogens is 3. The lowest BCUT2D eigenvalue weighted by Gasteiger charge is -2.42. The van der Waals surface area contributed by atoms with E-state index in [-0.39, 0.29) is 63.8 Å². The van der Waals surface area contributed by atoms with Crippen LogP contribution in [0.5, 0.6) is 11.8 Å². The van der Waals surface area contributed by atoms with Gasteiger partial charge in [-0.1, -0.05) is 18.9 Å². The lowest BCUT2D eigenvalue weighted by atomic mass is 9.73. The fourth-order valence-electron chi connectivity index (χ4n) is 7.61. The molecule has 7 rings (SSSR count). The molecule has 4 heterocycles. The molecule has 2 bridgehead atoms. The number of aromatic hydroxyl groups is 1. The highest BCUT2D eigenvalue weighted by Gasteiger charge is 2.39. The number of benzene rings is 3. The molecule has 236 valence electrons. The van der Waals surface area contributed by atoms with E-state index in [4.69, 9.17) is 22.6 Å². The first-order valence-electron chi connectivity index (χ1n) is 15.5. The summed E-state index contributed by atoms with van der Waals surface area (Å²) in [6.45, 7) is 5.05. The van der Waals surface area contributed by atoms with E-state index in [1.54, 1.807) is 0 Å². The molecule has 3 aromatic carbocycles. The Bertz CT molecular complexity index is 1960. The molecule has 46 heavy (non-hydrogen) atoms. The second-order valence-corrected chi connectivity index (χ2v) is 13.2. The molecule has 0 spiro atoms. The first kappa shape index (κ1) is 30.2. The molecule has 4 aromatic rings. The van der Waals surface area contributed by atoms with Crippen LogP contribution in [0.2, 0.25) is 0 Å². The van der Waals surface area contributed by atoms with Gasteiger partial charge in [0.2, 0.25) is 0 Å². The van der Waals surface area contributed by atoms with Crippen molar-refractivity contribution in [2.24, 2.45) is 11.3 Å². The van der Waals surface area contributed by atoms with E-state index < -0.39 is 28.4 Å². The lowest BCUT2D eigenvalue weighted by Crippen LogP contribution is -2.51. The zero-order valence-corrected chi connectivity index (χ0v) is 25.7. The second-order valence-electron chi connectivity index (χ2n) is 13.2. The number of piperidine rings is 1. The van der Waals surface area contributed by atoms with E-state index in [1.807, 2.05) is 11.9 Å². The monoisotopic (exact) mass is 625 g/mol. The third-order valence-electron chi connectivity index (χ3n) is 9.83. The minimum absolute atomic E-state index is 0.0327. The van der Waals surface area contributed by atoms with E-state index in [1.165, 1.54) is 24.3 Å². The van der Waals surface area contributed by atoms with Crippen LogP contribution in [-0.4, -0.2) is 71.9 Å². The first-order chi connectivity index (χ1) is 22.1. The van der Waals surface area contributed by atoms with Gasteiger partial charge in [0.1, 0.15) is 28.7 Å². The topological polar surface area (TPSA) is 73.8 Å². The van der Waals surface area contributed by atoms with Gasteiger partial charge in [-0.15, -0.1) is 18.8 Å². The number of rotatable bonds is 5. The molecule has 3 aliphatic rings. The number of terminal acetylenes is 2. The number of nitrogens with zero attached hydrogens (tertiary/aromatic N) is 4. The zero-order chi connectivity index (χ0) is 32.3. The van der Waals surface area contributed by atoms with Gasteiger partial charge in [-0.05, 0) is 62.5 Å². The molecule has 0 aliphatic carbocycles. The molecule has 3 fully saturated rings. The number of likely N-dealkylation sites (tertiary alicyclic amines) is 1. The number of ether oxygens (including phenoxy) is 1. The van der Waals surface area contributed by atoms with Gasteiger partial charge in [0.05, 0.1) is 17.7 Å². The number of aromatic nitrogens is 2. The van der Waals surface area contributed by atoms with E-state index in [0.29, 0.717) is 30.8 Å². The van der Waals surface area contributed by atoms with Gasteiger partial charge in [0.15, 0.2) is 5.82 Å². The minimum Gasteiger partial charge on any atom is -0.508 e. The minimum atomic E-state index is -0.995. The molecular weight excluding hydrogens is 591 g/mol. The smallest absolute Gasteiger partial charge is 0.319 e. The lowest BCUT2D eigenvalue weighted by molar-refractivity contribution is 0.0353. The fourth-order valence-corrected chi connectivity index (χ4v) is 7.61. The summed E-state index contributed by atoms with van der Waals surface area (Å²) >= 11 is 0. The largest absolute Gasteiger partial charge is 0.508 e. The molecule has 0 unspecified atom stereocenters. The van der Waals surface area contributed by atoms with Gasteiger partial charge >= 0.3 is 6.01 Å². The number of fused-ring (bicyclic) bond motifs is 4. The Balaban J connectivity index is 1.41.